The zero-order chi connectivity index (χ0) is 16.5. The molecule has 0 radical (unpaired) electrons. The standard InChI is InChI=1S/C17H16N4O2S/c1-11-7-12(2)21(20-11)16-17(19-6-5-18-16)24-9-13-3-4-14-15(8-13)23-10-22-14/h3-8H,9-10H2,1-2H3. The van der Waals surface area contributed by atoms with Gasteiger partial charge in [0.25, 0.3) is 0 Å². The summed E-state index contributed by atoms with van der Waals surface area (Å²) >= 11 is 1.63. The molecule has 0 bridgehead atoms. The summed E-state index contributed by atoms with van der Waals surface area (Å²) in [7, 11) is 0. The van der Waals surface area contributed by atoms with E-state index in [2.05, 4.69) is 15.1 Å². The molecule has 2 aromatic heterocycles. The molecule has 122 valence electrons. The highest BCUT2D eigenvalue weighted by molar-refractivity contribution is 7.98. The summed E-state index contributed by atoms with van der Waals surface area (Å²) < 4.78 is 12.6. The molecule has 1 aliphatic heterocycles. The van der Waals surface area contributed by atoms with Crippen LogP contribution >= 0.6 is 11.8 Å². The van der Waals surface area contributed by atoms with Gasteiger partial charge in [-0.3, -0.25) is 0 Å². The number of hydrogen-bond donors (Lipinski definition) is 0. The van der Waals surface area contributed by atoms with Crippen LogP contribution in [0.5, 0.6) is 11.5 Å². The molecule has 1 aliphatic rings. The molecule has 0 aliphatic carbocycles. The van der Waals surface area contributed by atoms with E-state index in [0.29, 0.717) is 0 Å². The second-order valence-electron chi connectivity index (χ2n) is 5.50. The largest absolute Gasteiger partial charge is 0.454 e. The first kappa shape index (κ1) is 15.0. The average Bonchev–Trinajstić information content (AvgIpc) is 3.18. The Balaban J connectivity index is 1.58. The van der Waals surface area contributed by atoms with E-state index >= 15 is 0 Å². The Morgan fingerprint density at radius 3 is 2.75 bits per heavy atom. The predicted octanol–water partition coefficient (Wildman–Crippen LogP) is 3.30. The third kappa shape index (κ3) is 2.82. The van der Waals surface area contributed by atoms with Gasteiger partial charge in [0.2, 0.25) is 6.79 Å². The van der Waals surface area contributed by atoms with Crippen LogP contribution in [0.3, 0.4) is 0 Å². The second-order valence-corrected chi connectivity index (χ2v) is 6.46. The predicted molar refractivity (Wildman–Crippen MR) is 90.8 cm³/mol. The molecule has 3 heterocycles. The third-order valence-corrected chi connectivity index (χ3v) is 4.71. The summed E-state index contributed by atoms with van der Waals surface area (Å²) in [6, 6.07) is 8.02. The number of rotatable bonds is 4. The minimum atomic E-state index is 0.290. The molecule has 0 atom stereocenters. The first-order valence-electron chi connectivity index (χ1n) is 7.57. The molecule has 4 rings (SSSR count). The Kier molecular flexibility index (Phi) is 3.86. The molecule has 0 amide bonds. The van der Waals surface area contributed by atoms with E-state index in [0.717, 1.165) is 45.0 Å². The lowest BCUT2D eigenvalue weighted by Crippen LogP contribution is -2.05. The lowest BCUT2D eigenvalue weighted by atomic mass is 10.2. The first-order valence-corrected chi connectivity index (χ1v) is 8.55. The minimum Gasteiger partial charge on any atom is -0.454 e. The molecule has 3 aromatic rings. The van der Waals surface area contributed by atoms with Gasteiger partial charge in [-0.25, -0.2) is 14.6 Å². The van der Waals surface area contributed by atoms with Crippen molar-refractivity contribution in [2.75, 3.05) is 6.79 Å². The molecule has 0 fully saturated rings. The van der Waals surface area contributed by atoms with Crippen LogP contribution in [0.4, 0.5) is 0 Å². The van der Waals surface area contributed by atoms with Gasteiger partial charge >= 0.3 is 0 Å². The maximum atomic E-state index is 5.43. The third-order valence-electron chi connectivity index (χ3n) is 3.67. The number of nitrogens with zero attached hydrogens (tertiary/aromatic N) is 4. The number of ether oxygens (including phenoxy) is 2. The van der Waals surface area contributed by atoms with Gasteiger partial charge in [-0.1, -0.05) is 17.8 Å². The molecular formula is C17H16N4O2S. The van der Waals surface area contributed by atoms with Crippen LogP contribution in [0, 0.1) is 13.8 Å². The lowest BCUT2D eigenvalue weighted by Gasteiger charge is -2.09. The maximum Gasteiger partial charge on any atom is 0.231 e. The fourth-order valence-electron chi connectivity index (χ4n) is 2.59. The van der Waals surface area contributed by atoms with E-state index in [1.165, 1.54) is 0 Å². The van der Waals surface area contributed by atoms with E-state index < -0.39 is 0 Å². The van der Waals surface area contributed by atoms with E-state index in [1.807, 2.05) is 42.8 Å². The Hall–Kier alpha value is -2.54. The Morgan fingerprint density at radius 1 is 1.08 bits per heavy atom. The Morgan fingerprint density at radius 2 is 1.92 bits per heavy atom. The van der Waals surface area contributed by atoms with Gasteiger partial charge in [-0.15, -0.1) is 0 Å². The number of aryl methyl sites for hydroxylation is 2. The highest BCUT2D eigenvalue weighted by Crippen LogP contribution is 2.34. The van der Waals surface area contributed by atoms with Gasteiger partial charge in [0.05, 0.1) is 5.69 Å². The van der Waals surface area contributed by atoms with Gasteiger partial charge in [0.1, 0.15) is 5.03 Å². The van der Waals surface area contributed by atoms with Crippen LogP contribution in [0.15, 0.2) is 41.7 Å². The monoisotopic (exact) mass is 340 g/mol. The molecule has 24 heavy (non-hydrogen) atoms. The van der Waals surface area contributed by atoms with Crippen molar-refractivity contribution in [3.05, 3.63) is 53.6 Å². The van der Waals surface area contributed by atoms with Crippen LogP contribution in [0.25, 0.3) is 5.82 Å². The van der Waals surface area contributed by atoms with Gasteiger partial charge in [0, 0.05) is 23.8 Å². The minimum absolute atomic E-state index is 0.290. The number of aromatic nitrogens is 4. The topological polar surface area (TPSA) is 62.1 Å². The summed E-state index contributed by atoms with van der Waals surface area (Å²) in [4.78, 5) is 8.94. The van der Waals surface area contributed by atoms with Crippen LogP contribution in [0.2, 0.25) is 0 Å². The van der Waals surface area contributed by atoms with Crippen molar-refractivity contribution in [2.24, 2.45) is 0 Å². The van der Waals surface area contributed by atoms with Crippen LogP contribution < -0.4 is 9.47 Å². The van der Waals surface area contributed by atoms with Crippen molar-refractivity contribution in [3.8, 4) is 17.3 Å². The summed E-state index contributed by atoms with van der Waals surface area (Å²) in [6.45, 7) is 4.28. The Labute approximate surface area is 143 Å². The average molecular weight is 340 g/mol. The molecule has 0 saturated heterocycles. The fourth-order valence-corrected chi connectivity index (χ4v) is 3.48. The number of benzene rings is 1. The fraction of sp³-hybridized carbons (Fsp3) is 0.235. The number of thioether (sulfide) groups is 1. The molecule has 0 saturated carbocycles. The van der Waals surface area contributed by atoms with E-state index in [-0.39, 0.29) is 6.79 Å². The zero-order valence-corrected chi connectivity index (χ0v) is 14.2. The Bertz CT molecular complexity index is 894. The molecule has 6 nitrogen and oxygen atoms in total. The van der Waals surface area contributed by atoms with E-state index in [1.54, 1.807) is 24.2 Å². The SMILES string of the molecule is Cc1cc(C)n(-c2nccnc2SCc2ccc3c(c2)OCO3)n1. The molecule has 0 unspecified atom stereocenters. The summed E-state index contributed by atoms with van der Waals surface area (Å²) in [5.41, 5.74) is 3.15. The number of hydrogen-bond acceptors (Lipinski definition) is 6. The molecule has 0 N–H and O–H groups in total. The van der Waals surface area contributed by atoms with Gasteiger partial charge in [-0.05, 0) is 37.6 Å². The summed E-state index contributed by atoms with van der Waals surface area (Å²) in [5, 5.41) is 5.36. The van der Waals surface area contributed by atoms with Crippen molar-refractivity contribution in [2.45, 2.75) is 24.6 Å². The zero-order valence-electron chi connectivity index (χ0n) is 13.4. The summed E-state index contributed by atoms with van der Waals surface area (Å²) in [5.74, 6) is 3.12. The normalized spacial score (nSPS) is 12.6. The van der Waals surface area contributed by atoms with Crippen LogP contribution in [-0.2, 0) is 5.75 Å². The highest BCUT2D eigenvalue weighted by atomic mass is 32.2. The van der Waals surface area contributed by atoms with Crippen molar-refractivity contribution in [1.82, 2.24) is 19.7 Å². The van der Waals surface area contributed by atoms with Crippen molar-refractivity contribution in [1.29, 1.82) is 0 Å². The summed E-state index contributed by atoms with van der Waals surface area (Å²) in [6.07, 6.45) is 3.40. The van der Waals surface area contributed by atoms with Gasteiger partial charge < -0.3 is 9.47 Å². The number of fused-ring (bicyclic) bond motifs is 1. The maximum absolute atomic E-state index is 5.43. The molecule has 7 heteroatoms. The smallest absolute Gasteiger partial charge is 0.231 e. The van der Waals surface area contributed by atoms with Crippen LogP contribution in [-0.4, -0.2) is 26.5 Å². The quantitative estimate of drug-likeness (QED) is 0.679. The molecule has 1 aromatic carbocycles. The van der Waals surface area contributed by atoms with Gasteiger partial charge in [-0.2, -0.15) is 5.10 Å². The van der Waals surface area contributed by atoms with Crippen molar-refractivity contribution in [3.63, 3.8) is 0 Å². The second kappa shape index (κ2) is 6.16. The molecular weight excluding hydrogens is 324 g/mol. The van der Waals surface area contributed by atoms with E-state index in [9.17, 15) is 0 Å². The highest BCUT2D eigenvalue weighted by Gasteiger charge is 2.15. The van der Waals surface area contributed by atoms with Crippen molar-refractivity contribution < 1.29 is 9.47 Å². The molecule has 0 spiro atoms. The van der Waals surface area contributed by atoms with Crippen LogP contribution in [0.1, 0.15) is 17.0 Å². The van der Waals surface area contributed by atoms with Gasteiger partial charge in [0.15, 0.2) is 17.3 Å². The first-order chi connectivity index (χ1) is 11.7. The van der Waals surface area contributed by atoms with E-state index in [4.69, 9.17) is 9.47 Å². The lowest BCUT2D eigenvalue weighted by molar-refractivity contribution is 0.174. The van der Waals surface area contributed by atoms with Crippen molar-refractivity contribution >= 4 is 11.8 Å².